The fourth-order valence-electron chi connectivity index (χ4n) is 1.00. The maximum Gasteiger partial charge on any atom is 0.0723 e. The fourth-order valence-corrected chi connectivity index (χ4v) is 1.00. The molecule has 13 heavy (non-hydrogen) atoms. The minimum absolute atomic E-state index is 0.0851. The van der Waals surface area contributed by atoms with Crippen LogP contribution in [0.1, 0.15) is 5.56 Å². The van der Waals surface area contributed by atoms with E-state index in [-0.39, 0.29) is 19.3 Å². The van der Waals surface area contributed by atoms with Crippen molar-refractivity contribution in [3.63, 3.8) is 0 Å². The zero-order chi connectivity index (χ0) is 9.68. The highest BCUT2D eigenvalue weighted by Crippen LogP contribution is 2.12. The van der Waals surface area contributed by atoms with Crippen LogP contribution in [0.5, 0.6) is 0 Å². The molecule has 0 fully saturated rings. The van der Waals surface area contributed by atoms with Gasteiger partial charge in [-0.1, -0.05) is 0 Å². The van der Waals surface area contributed by atoms with E-state index in [9.17, 15) is 0 Å². The lowest BCUT2D eigenvalue weighted by Gasteiger charge is -2.15. The third-order valence-electron chi connectivity index (χ3n) is 1.82. The van der Waals surface area contributed by atoms with Gasteiger partial charge in [0.1, 0.15) is 0 Å². The van der Waals surface area contributed by atoms with Gasteiger partial charge in [-0.15, -0.1) is 0 Å². The first-order chi connectivity index (χ1) is 6.27. The summed E-state index contributed by atoms with van der Waals surface area (Å²) in [7, 11) is 0. The number of hydrogen-bond acceptors (Lipinski definition) is 4. The van der Waals surface area contributed by atoms with E-state index in [0.29, 0.717) is 0 Å². The third-order valence-corrected chi connectivity index (χ3v) is 1.82. The van der Waals surface area contributed by atoms with E-state index in [1.807, 2.05) is 13.0 Å². The first-order valence-corrected chi connectivity index (χ1v) is 4.16. The number of aliphatic hydroxyl groups is 2. The SMILES string of the molecule is Cc1cnccc1NC(CO)CO. The lowest BCUT2D eigenvalue weighted by Crippen LogP contribution is -2.27. The zero-order valence-corrected chi connectivity index (χ0v) is 7.57. The van der Waals surface area contributed by atoms with Crippen molar-refractivity contribution in [2.45, 2.75) is 13.0 Å². The molecule has 0 aromatic carbocycles. The number of aromatic nitrogens is 1. The minimum Gasteiger partial charge on any atom is -0.394 e. The Bertz CT molecular complexity index is 262. The number of aliphatic hydroxyl groups excluding tert-OH is 2. The molecule has 0 unspecified atom stereocenters. The van der Waals surface area contributed by atoms with Crippen LogP contribution in [0.2, 0.25) is 0 Å². The molecule has 0 atom stereocenters. The summed E-state index contributed by atoms with van der Waals surface area (Å²) in [4.78, 5) is 3.94. The van der Waals surface area contributed by atoms with E-state index in [4.69, 9.17) is 10.2 Å². The van der Waals surface area contributed by atoms with Gasteiger partial charge in [-0.05, 0) is 18.6 Å². The molecule has 1 aromatic heterocycles. The predicted molar refractivity (Wildman–Crippen MR) is 50.6 cm³/mol. The van der Waals surface area contributed by atoms with Gasteiger partial charge in [0, 0.05) is 18.1 Å². The molecule has 0 saturated carbocycles. The van der Waals surface area contributed by atoms with E-state index in [2.05, 4.69) is 10.3 Å². The van der Waals surface area contributed by atoms with E-state index >= 15 is 0 Å². The maximum atomic E-state index is 8.84. The highest BCUT2D eigenvalue weighted by atomic mass is 16.3. The molecule has 4 nitrogen and oxygen atoms in total. The van der Waals surface area contributed by atoms with Crippen LogP contribution in [-0.4, -0.2) is 34.5 Å². The van der Waals surface area contributed by atoms with Crippen LogP contribution >= 0.6 is 0 Å². The Kier molecular flexibility index (Phi) is 3.67. The highest BCUT2D eigenvalue weighted by Gasteiger charge is 2.05. The Labute approximate surface area is 77.2 Å². The van der Waals surface area contributed by atoms with Gasteiger partial charge < -0.3 is 15.5 Å². The van der Waals surface area contributed by atoms with E-state index in [0.717, 1.165) is 11.3 Å². The van der Waals surface area contributed by atoms with E-state index in [1.165, 1.54) is 0 Å². The Morgan fingerprint density at radius 2 is 2.15 bits per heavy atom. The van der Waals surface area contributed by atoms with Gasteiger partial charge in [0.15, 0.2) is 0 Å². The van der Waals surface area contributed by atoms with Gasteiger partial charge in [0.05, 0.1) is 19.3 Å². The molecule has 0 aliphatic heterocycles. The molecule has 0 aliphatic rings. The van der Waals surface area contributed by atoms with E-state index < -0.39 is 0 Å². The van der Waals surface area contributed by atoms with Crippen LogP contribution in [0, 0.1) is 6.92 Å². The summed E-state index contributed by atoms with van der Waals surface area (Å²) in [6.07, 6.45) is 3.40. The summed E-state index contributed by atoms with van der Waals surface area (Å²) in [5.74, 6) is 0. The Morgan fingerprint density at radius 3 is 2.69 bits per heavy atom. The molecule has 0 saturated heterocycles. The average molecular weight is 182 g/mol. The first-order valence-electron chi connectivity index (χ1n) is 4.16. The Hall–Kier alpha value is -1.13. The topological polar surface area (TPSA) is 65.4 Å². The second-order valence-electron chi connectivity index (χ2n) is 2.90. The molecular formula is C9H14N2O2. The second kappa shape index (κ2) is 4.79. The quantitative estimate of drug-likeness (QED) is 0.620. The van der Waals surface area contributed by atoms with Crippen molar-refractivity contribution >= 4 is 5.69 Å². The summed E-state index contributed by atoms with van der Waals surface area (Å²) >= 11 is 0. The van der Waals surface area contributed by atoms with Crippen molar-refractivity contribution in [1.29, 1.82) is 0 Å². The smallest absolute Gasteiger partial charge is 0.0723 e. The summed E-state index contributed by atoms with van der Waals surface area (Å²) in [6, 6.07) is 1.51. The van der Waals surface area contributed by atoms with Crippen molar-refractivity contribution in [2.75, 3.05) is 18.5 Å². The molecule has 0 bridgehead atoms. The lowest BCUT2D eigenvalue weighted by molar-refractivity contribution is 0.204. The fraction of sp³-hybridized carbons (Fsp3) is 0.444. The molecule has 1 aromatic rings. The number of aryl methyl sites for hydroxylation is 1. The van der Waals surface area contributed by atoms with Gasteiger partial charge >= 0.3 is 0 Å². The summed E-state index contributed by atoms with van der Waals surface area (Å²) in [5, 5.41) is 20.7. The van der Waals surface area contributed by atoms with Crippen LogP contribution in [-0.2, 0) is 0 Å². The van der Waals surface area contributed by atoms with E-state index in [1.54, 1.807) is 12.4 Å². The monoisotopic (exact) mass is 182 g/mol. The Balaban J connectivity index is 2.67. The highest BCUT2D eigenvalue weighted by molar-refractivity contribution is 5.49. The largest absolute Gasteiger partial charge is 0.394 e. The molecule has 3 N–H and O–H groups in total. The average Bonchev–Trinajstić information content (AvgIpc) is 2.17. The Morgan fingerprint density at radius 1 is 1.46 bits per heavy atom. The second-order valence-corrected chi connectivity index (χ2v) is 2.90. The minimum atomic E-state index is -0.305. The molecule has 1 rings (SSSR count). The number of anilines is 1. The molecule has 4 heteroatoms. The number of hydrogen-bond donors (Lipinski definition) is 3. The van der Waals surface area contributed by atoms with Crippen LogP contribution < -0.4 is 5.32 Å². The molecule has 0 amide bonds. The lowest BCUT2D eigenvalue weighted by atomic mass is 10.2. The van der Waals surface area contributed by atoms with Crippen molar-refractivity contribution in [3.05, 3.63) is 24.0 Å². The van der Waals surface area contributed by atoms with Crippen LogP contribution in [0.15, 0.2) is 18.5 Å². The van der Waals surface area contributed by atoms with Gasteiger partial charge in [-0.2, -0.15) is 0 Å². The molecule has 0 aliphatic carbocycles. The standard InChI is InChI=1S/C9H14N2O2/c1-7-4-10-3-2-9(7)11-8(5-12)6-13/h2-4,8,12-13H,5-6H2,1H3,(H,10,11). The van der Waals surface area contributed by atoms with Gasteiger partial charge in [-0.3, -0.25) is 4.98 Å². The van der Waals surface area contributed by atoms with Crippen LogP contribution in [0.3, 0.4) is 0 Å². The number of nitrogens with zero attached hydrogens (tertiary/aromatic N) is 1. The van der Waals surface area contributed by atoms with Crippen molar-refractivity contribution in [1.82, 2.24) is 4.98 Å². The molecule has 0 radical (unpaired) electrons. The number of rotatable bonds is 4. The summed E-state index contributed by atoms with van der Waals surface area (Å²) < 4.78 is 0. The summed E-state index contributed by atoms with van der Waals surface area (Å²) in [5.41, 5.74) is 1.89. The van der Waals surface area contributed by atoms with Crippen LogP contribution in [0.4, 0.5) is 5.69 Å². The van der Waals surface area contributed by atoms with Crippen LogP contribution in [0.25, 0.3) is 0 Å². The van der Waals surface area contributed by atoms with Crippen molar-refractivity contribution in [3.8, 4) is 0 Å². The predicted octanol–water partition coefficient (Wildman–Crippen LogP) is 0.155. The number of nitrogens with one attached hydrogen (secondary N) is 1. The normalized spacial score (nSPS) is 10.5. The van der Waals surface area contributed by atoms with Gasteiger partial charge in [0.25, 0.3) is 0 Å². The molecule has 1 heterocycles. The third kappa shape index (κ3) is 2.68. The van der Waals surface area contributed by atoms with Gasteiger partial charge in [-0.25, -0.2) is 0 Å². The molecule has 0 spiro atoms. The van der Waals surface area contributed by atoms with Crippen molar-refractivity contribution < 1.29 is 10.2 Å². The van der Waals surface area contributed by atoms with Crippen molar-refractivity contribution in [2.24, 2.45) is 0 Å². The first kappa shape index (κ1) is 9.95. The maximum absolute atomic E-state index is 8.84. The zero-order valence-electron chi connectivity index (χ0n) is 7.57. The molecule has 72 valence electrons. The molecular weight excluding hydrogens is 168 g/mol. The summed E-state index contributed by atoms with van der Waals surface area (Å²) in [6.45, 7) is 1.75. The number of pyridine rings is 1. The van der Waals surface area contributed by atoms with Gasteiger partial charge in [0.2, 0.25) is 0 Å².